The van der Waals surface area contributed by atoms with E-state index in [4.69, 9.17) is 4.98 Å². The summed E-state index contributed by atoms with van der Waals surface area (Å²) < 4.78 is 0. The lowest BCUT2D eigenvalue weighted by Crippen LogP contribution is -2.18. The molecule has 0 unspecified atom stereocenters. The van der Waals surface area contributed by atoms with Gasteiger partial charge in [0.1, 0.15) is 0 Å². The quantitative estimate of drug-likeness (QED) is 0.251. The standard InChI is InChI=1S/C35H35N/c1-21(2)24-16-12-17-27-30-32(35(6,7)31(24)27)26-15-10-11-18-29(26)36-33(30)23-19-22-13-8-9-14-25(22)28(20-23)34(3,4)5/h8-21H,1-7H3. The molecule has 1 nitrogen and oxygen atoms in total. The Morgan fingerprint density at radius 3 is 2.17 bits per heavy atom. The van der Waals surface area contributed by atoms with Crippen LogP contribution in [0, 0.1) is 0 Å². The van der Waals surface area contributed by atoms with E-state index in [0.29, 0.717) is 5.92 Å². The van der Waals surface area contributed by atoms with Gasteiger partial charge < -0.3 is 0 Å². The number of fused-ring (bicyclic) bond motifs is 6. The third-order valence-electron chi connectivity index (χ3n) is 8.07. The summed E-state index contributed by atoms with van der Waals surface area (Å²) in [4.78, 5) is 5.39. The molecule has 1 aliphatic rings. The molecule has 0 fully saturated rings. The molecule has 0 radical (unpaired) electrons. The van der Waals surface area contributed by atoms with Gasteiger partial charge >= 0.3 is 0 Å². The largest absolute Gasteiger partial charge is 0.247 e. The second kappa shape index (κ2) is 7.77. The van der Waals surface area contributed by atoms with Crippen LogP contribution in [0.2, 0.25) is 0 Å². The van der Waals surface area contributed by atoms with Crippen molar-refractivity contribution in [3.63, 3.8) is 0 Å². The second-order valence-corrected chi connectivity index (χ2v) is 12.3. The average molecular weight is 470 g/mol. The number of rotatable bonds is 2. The monoisotopic (exact) mass is 469 g/mol. The van der Waals surface area contributed by atoms with Crippen molar-refractivity contribution < 1.29 is 0 Å². The Hall–Kier alpha value is -3.45. The van der Waals surface area contributed by atoms with Gasteiger partial charge in [-0.25, -0.2) is 4.98 Å². The van der Waals surface area contributed by atoms with Crippen LogP contribution in [-0.4, -0.2) is 4.98 Å². The summed E-state index contributed by atoms with van der Waals surface area (Å²) in [5.41, 5.74) is 11.7. The fourth-order valence-electron chi connectivity index (χ4n) is 6.48. The molecule has 0 N–H and O–H groups in total. The van der Waals surface area contributed by atoms with Gasteiger partial charge in [0.15, 0.2) is 0 Å². The normalized spacial score (nSPS) is 14.4. The molecule has 180 valence electrons. The van der Waals surface area contributed by atoms with Gasteiger partial charge in [0.2, 0.25) is 0 Å². The zero-order valence-corrected chi connectivity index (χ0v) is 22.5. The lowest BCUT2D eigenvalue weighted by atomic mass is 9.77. The topological polar surface area (TPSA) is 12.9 Å². The van der Waals surface area contributed by atoms with Crippen LogP contribution in [0.5, 0.6) is 0 Å². The van der Waals surface area contributed by atoms with Crippen LogP contribution in [-0.2, 0) is 10.8 Å². The molecule has 0 atom stereocenters. The Balaban J connectivity index is 1.78. The molecule has 36 heavy (non-hydrogen) atoms. The molecule has 0 bridgehead atoms. The third kappa shape index (κ3) is 3.25. The Morgan fingerprint density at radius 2 is 1.44 bits per heavy atom. The molecular formula is C35H35N. The first-order valence-corrected chi connectivity index (χ1v) is 13.2. The minimum absolute atomic E-state index is 0.0254. The predicted octanol–water partition coefficient (Wildman–Crippen LogP) is 9.78. The number of hydrogen-bond acceptors (Lipinski definition) is 1. The van der Waals surface area contributed by atoms with Crippen LogP contribution >= 0.6 is 0 Å². The number of nitrogens with zero attached hydrogens (tertiary/aromatic N) is 1. The van der Waals surface area contributed by atoms with Crippen LogP contribution in [0.3, 0.4) is 0 Å². The smallest absolute Gasteiger partial charge is 0.0791 e. The number of benzene rings is 4. The lowest BCUT2D eigenvalue weighted by Gasteiger charge is -2.27. The fourth-order valence-corrected chi connectivity index (χ4v) is 6.48. The molecule has 1 aliphatic carbocycles. The van der Waals surface area contributed by atoms with Crippen LogP contribution < -0.4 is 0 Å². The maximum absolute atomic E-state index is 5.39. The van der Waals surface area contributed by atoms with Crippen molar-refractivity contribution in [3.8, 4) is 22.4 Å². The van der Waals surface area contributed by atoms with Crippen molar-refractivity contribution in [3.05, 3.63) is 101 Å². The first kappa shape index (κ1) is 23.0. The number of pyridine rings is 1. The summed E-state index contributed by atoms with van der Waals surface area (Å²) in [6.07, 6.45) is 0. The first-order valence-electron chi connectivity index (χ1n) is 13.2. The zero-order valence-electron chi connectivity index (χ0n) is 22.5. The van der Waals surface area contributed by atoms with Crippen LogP contribution in [0.4, 0.5) is 0 Å². The van der Waals surface area contributed by atoms with E-state index in [0.717, 1.165) is 11.2 Å². The summed E-state index contributed by atoms with van der Waals surface area (Å²) in [6, 6.07) is 29.1. The van der Waals surface area contributed by atoms with Gasteiger partial charge in [-0.3, -0.25) is 0 Å². The predicted molar refractivity (Wildman–Crippen MR) is 155 cm³/mol. The van der Waals surface area contributed by atoms with E-state index in [1.807, 2.05) is 0 Å². The molecule has 5 aromatic rings. The van der Waals surface area contributed by atoms with Crippen molar-refractivity contribution in [1.29, 1.82) is 0 Å². The maximum Gasteiger partial charge on any atom is 0.0791 e. The highest BCUT2D eigenvalue weighted by molar-refractivity contribution is 6.03. The van der Waals surface area contributed by atoms with Crippen molar-refractivity contribution in [2.45, 2.75) is 65.2 Å². The maximum atomic E-state index is 5.39. The highest BCUT2D eigenvalue weighted by Crippen LogP contribution is 2.56. The SMILES string of the molecule is CC(C)c1cccc2c1C(C)(C)c1c-2c(-c2cc(C(C)(C)C)c3ccccc3c2)nc2ccccc12. The second-order valence-electron chi connectivity index (χ2n) is 12.3. The van der Waals surface area contributed by atoms with Crippen LogP contribution in [0.15, 0.2) is 78.9 Å². The first-order chi connectivity index (χ1) is 17.1. The fraction of sp³-hybridized carbons (Fsp3) is 0.286. The number of aromatic nitrogens is 1. The molecule has 0 aliphatic heterocycles. The highest BCUT2D eigenvalue weighted by atomic mass is 14.7. The summed E-state index contributed by atoms with van der Waals surface area (Å²) in [5.74, 6) is 0.462. The Bertz CT molecular complexity index is 1660. The minimum Gasteiger partial charge on any atom is -0.247 e. The van der Waals surface area contributed by atoms with Crippen LogP contribution in [0.25, 0.3) is 44.1 Å². The average Bonchev–Trinajstić information content (AvgIpc) is 3.10. The van der Waals surface area contributed by atoms with Gasteiger partial charge in [-0.1, -0.05) is 109 Å². The van der Waals surface area contributed by atoms with E-state index in [2.05, 4.69) is 127 Å². The molecular weight excluding hydrogens is 434 g/mol. The molecule has 4 aromatic carbocycles. The van der Waals surface area contributed by atoms with Crippen molar-refractivity contribution in [2.75, 3.05) is 0 Å². The van der Waals surface area contributed by atoms with E-state index >= 15 is 0 Å². The van der Waals surface area contributed by atoms with Gasteiger partial charge in [0, 0.05) is 21.9 Å². The van der Waals surface area contributed by atoms with Gasteiger partial charge in [0.25, 0.3) is 0 Å². The molecule has 1 heterocycles. The Morgan fingerprint density at radius 1 is 0.750 bits per heavy atom. The molecule has 1 aromatic heterocycles. The third-order valence-corrected chi connectivity index (χ3v) is 8.07. The van der Waals surface area contributed by atoms with E-state index in [1.165, 1.54) is 55.1 Å². The molecule has 0 spiro atoms. The van der Waals surface area contributed by atoms with Crippen LogP contribution in [0.1, 0.15) is 76.6 Å². The summed E-state index contributed by atoms with van der Waals surface area (Å²) in [6.45, 7) is 16.4. The molecule has 6 rings (SSSR count). The molecule has 1 heteroatoms. The molecule has 0 amide bonds. The van der Waals surface area contributed by atoms with E-state index < -0.39 is 0 Å². The summed E-state index contributed by atoms with van der Waals surface area (Å²) in [5, 5.41) is 3.87. The van der Waals surface area contributed by atoms with Gasteiger partial charge in [-0.05, 0) is 68.1 Å². The van der Waals surface area contributed by atoms with Crippen molar-refractivity contribution in [2.24, 2.45) is 0 Å². The number of hydrogen-bond donors (Lipinski definition) is 0. The zero-order chi connectivity index (χ0) is 25.4. The molecule has 0 saturated carbocycles. The molecule has 0 saturated heterocycles. The minimum atomic E-state index is -0.105. The summed E-state index contributed by atoms with van der Waals surface area (Å²) >= 11 is 0. The van der Waals surface area contributed by atoms with Crippen molar-refractivity contribution >= 4 is 21.7 Å². The van der Waals surface area contributed by atoms with Crippen molar-refractivity contribution in [1.82, 2.24) is 4.98 Å². The summed E-state index contributed by atoms with van der Waals surface area (Å²) in [7, 11) is 0. The number of para-hydroxylation sites is 1. The lowest BCUT2D eigenvalue weighted by molar-refractivity contribution is 0.596. The Labute approximate surface area is 215 Å². The van der Waals surface area contributed by atoms with Gasteiger partial charge in [-0.2, -0.15) is 0 Å². The highest BCUT2D eigenvalue weighted by Gasteiger charge is 2.41. The van der Waals surface area contributed by atoms with E-state index in [-0.39, 0.29) is 10.8 Å². The Kier molecular flexibility index (Phi) is 4.96. The van der Waals surface area contributed by atoms with Gasteiger partial charge in [0.05, 0.1) is 11.2 Å². The van der Waals surface area contributed by atoms with Gasteiger partial charge in [-0.15, -0.1) is 0 Å². The van der Waals surface area contributed by atoms with E-state index in [9.17, 15) is 0 Å². The van der Waals surface area contributed by atoms with E-state index in [1.54, 1.807) is 0 Å².